The molecule has 0 unspecified atom stereocenters. The number of benzene rings is 1. The minimum absolute atomic E-state index is 0.0714. The third kappa shape index (κ3) is 7.39. The van der Waals surface area contributed by atoms with E-state index in [1.807, 2.05) is 34.6 Å². The molecule has 1 aliphatic carbocycles. The summed E-state index contributed by atoms with van der Waals surface area (Å²) in [6.07, 6.45) is 2.73. The molecule has 2 heterocycles. The number of hydrogen-bond acceptors (Lipinski definition) is 7. The van der Waals surface area contributed by atoms with Gasteiger partial charge in [-0.05, 0) is 99.7 Å². The van der Waals surface area contributed by atoms with Gasteiger partial charge in [-0.3, -0.25) is 9.88 Å². The van der Waals surface area contributed by atoms with Crippen molar-refractivity contribution in [3.63, 3.8) is 0 Å². The molecule has 0 N–H and O–H groups in total. The van der Waals surface area contributed by atoms with Gasteiger partial charge >= 0.3 is 12.1 Å². The lowest BCUT2D eigenvalue weighted by atomic mass is 10.1. The Morgan fingerprint density at radius 3 is 2.51 bits per heavy atom. The summed E-state index contributed by atoms with van der Waals surface area (Å²) < 4.78 is 32.8. The fraction of sp³-hybridized carbons (Fsp3) is 0.552. The van der Waals surface area contributed by atoms with Gasteiger partial charge < -0.3 is 19.1 Å². The van der Waals surface area contributed by atoms with Crippen LogP contribution in [-0.2, 0) is 9.47 Å². The number of methoxy groups -OCH3 is 1. The van der Waals surface area contributed by atoms with Crippen LogP contribution in [0.3, 0.4) is 0 Å². The summed E-state index contributed by atoms with van der Waals surface area (Å²) in [5, 5.41) is 0. The van der Waals surface area contributed by atoms with Crippen molar-refractivity contribution in [3.05, 3.63) is 56.2 Å². The van der Waals surface area contributed by atoms with Crippen LogP contribution in [0.25, 0.3) is 0 Å². The van der Waals surface area contributed by atoms with Gasteiger partial charge in [0.05, 0.1) is 21.9 Å². The van der Waals surface area contributed by atoms with Crippen LogP contribution in [0.15, 0.2) is 24.4 Å². The quantitative estimate of drug-likeness (QED) is 0.274. The second-order valence-electron chi connectivity index (χ2n) is 11.4. The molecule has 2 fully saturated rings. The van der Waals surface area contributed by atoms with Gasteiger partial charge in [-0.15, -0.1) is 0 Å². The second-order valence-corrected chi connectivity index (χ2v) is 12.5. The Balaban J connectivity index is 1.56. The molecular formula is C29H37FIN3O5. The lowest BCUT2D eigenvalue weighted by Crippen LogP contribution is -2.55. The number of carbonyl (C=O) groups excluding carboxylic acids is 2. The van der Waals surface area contributed by atoms with E-state index in [-0.39, 0.29) is 23.9 Å². The van der Waals surface area contributed by atoms with Crippen molar-refractivity contribution in [2.24, 2.45) is 0 Å². The highest BCUT2D eigenvalue weighted by atomic mass is 127. The van der Waals surface area contributed by atoms with Crippen LogP contribution in [-0.4, -0.2) is 71.8 Å². The Hall–Kier alpha value is -2.47. The highest BCUT2D eigenvalue weighted by Gasteiger charge is 2.33. The Morgan fingerprint density at radius 1 is 1.21 bits per heavy atom. The molecule has 1 saturated heterocycles. The molecule has 1 amide bonds. The van der Waals surface area contributed by atoms with Crippen molar-refractivity contribution in [1.29, 1.82) is 0 Å². The van der Waals surface area contributed by atoms with E-state index in [0.717, 1.165) is 22.0 Å². The molecule has 2 aromatic rings. The van der Waals surface area contributed by atoms with E-state index in [0.29, 0.717) is 48.7 Å². The molecule has 8 nitrogen and oxygen atoms in total. The molecule has 2 aliphatic rings. The van der Waals surface area contributed by atoms with E-state index in [2.05, 4.69) is 32.5 Å². The summed E-state index contributed by atoms with van der Waals surface area (Å²) in [5.74, 6) is 0.165. The molecular weight excluding hydrogens is 616 g/mol. The first-order valence-corrected chi connectivity index (χ1v) is 14.4. The molecule has 1 aromatic heterocycles. The van der Waals surface area contributed by atoms with Gasteiger partial charge in [-0.1, -0.05) is 0 Å². The number of ether oxygens (including phenoxy) is 3. The van der Waals surface area contributed by atoms with Crippen molar-refractivity contribution in [2.45, 2.75) is 71.1 Å². The summed E-state index contributed by atoms with van der Waals surface area (Å²) in [6, 6.07) is 4.96. The normalized spacial score (nSPS) is 19.0. The average Bonchev–Trinajstić information content (AvgIpc) is 3.69. The smallest absolute Gasteiger partial charge is 0.410 e. The minimum atomic E-state index is -0.565. The van der Waals surface area contributed by atoms with Crippen LogP contribution in [0.4, 0.5) is 9.18 Å². The fourth-order valence-corrected chi connectivity index (χ4v) is 5.37. The van der Waals surface area contributed by atoms with Gasteiger partial charge in [-0.2, -0.15) is 0 Å². The molecule has 0 bridgehead atoms. The molecule has 2 atom stereocenters. The number of pyridine rings is 1. The number of aromatic nitrogens is 1. The predicted octanol–water partition coefficient (Wildman–Crippen LogP) is 5.86. The van der Waals surface area contributed by atoms with Crippen molar-refractivity contribution in [2.75, 3.05) is 33.3 Å². The lowest BCUT2D eigenvalue weighted by Gasteiger charge is -2.41. The standard InChI is InChI=1S/C29H37FIN3O5/c1-17-11-25(23(31)12-20(17)27(35)37-6)38-26(24-13-22(30)21(14-32-24)19-7-8-19)16-33-9-10-34(18(2)15-33)28(36)39-29(3,4)5/h11-14,18-19,26H,7-10,15-16H2,1-6H3/t18-,26-/m1/s1. The van der Waals surface area contributed by atoms with E-state index in [9.17, 15) is 9.59 Å². The topological polar surface area (TPSA) is 81.2 Å². The van der Waals surface area contributed by atoms with Crippen LogP contribution in [0.1, 0.15) is 79.7 Å². The van der Waals surface area contributed by atoms with Crippen LogP contribution < -0.4 is 4.74 Å². The van der Waals surface area contributed by atoms with Gasteiger partial charge in [-0.25, -0.2) is 14.0 Å². The molecule has 39 heavy (non-hydrogen) atoms. The first-order chi connectivity index (χ1) is 18.4. The highest BCUT2D eigenvalue weighted by Crippen LogP contribution is 2.41. The van der Waals surface area contributed by atoms with E-state index in [4.69, 9.17) is 14.2 Å². The number of piperazine rings is 1. The molecule has 0 radical (unpaired) electrons. The summed E-state index contributed by atoms with van der Waals surface area (Å²) in [5.41, 5.74) is 1.79. The van der Waals surface area contributed by atoms with Crippen LogP contribution in [0.2, 0.25) is 0 Å². The van der Waals surface area contributed by atoms with Gasteiger partial charge in [0, 0.05) is 44.0 Å². The fourth-order valence-electron chi connectivity index (χ4n) is 4.77. The van der Waals surface area contributed by atoms with Crippen molar-refractivity contribution < 1.29 is 28.2 Å². The molecule has 0 spiro atoms. The third-order valence-corrected chi connectivity index (χ3v) is 7.81. The Morgan fingerprint density at radius 2 is 1.92 bits per heavy atom. The number of aryl methyl sites for hydroxylation is 1. The lowest BCUT2D eigenvalue weighted by molar-refractivity contribution is -0.00321. The number of hydrogen-bond donors (Lipinski definition) is 0. The first kappa shape index (κ1) is 29.5. The number of nitrogens with zero attached hydrogens (tertiary/aromatic N) is 3. The number of amides is 1. The Kier molecular flexibility index (Phi) is 9.05. The maximum Gasteiger partial charge on any atom is 0.410 e. The maximum atomic E-state index is 15.1. The van der Waals surface area contributed by atoms with Gasteiger partial charge in [0.25, 0.3) is 0 Å². The van der Waals surface area contributed by atoms with Crippen molar-refractivity contribution in [3.8, 4) is 5.75 Å². The van der Waals surface area contributed by atoms with Crippen molar-refractivity contribution in [1.82, 2.24) is 14.8 Å². The molecule has 10 heteroatoms. The molecule has 1 aromatic carbocycles. The zero-order valence-electron chi connectivity index (χ0n) is 23.4. The monoisotopic (exact) mass is 653 g/mol. The zero-order valence-corrected chi connectivity index (χ0v) is 25.6. The minimum Gasteiger partial charge on any atom is -0.482 e. The summed E-state index contributed by atoms with van der Waals surface area (Å²) >= 11 is 2.13. The third-order valence-electron chi connectivity index (χ3n) is 6.97. The van der Waals surface area contributed by atoms with Gasteiger partial charge in [0.15, 0.2) is 6.10 Å². The predicted molar refractivity (Wildman–Crippen MR) is 154 cm³/mol. The number of carbonyl (C=O) groups is 2. The van der Waals surface area contributed by atoms with Gasteiger partial charge in [0.2, 0.25) is 0 Å². The van der Waals surface area contributed by atoms with E-state index < -0.39 is 17.7 Å². The summed E-state index contributed by atoms with van der Waals surface area (Å²) in [7, 11) is 1.35. The van der Waals surface area contributed by atoms with Crippen molar-refractivity contribution >= 4 is 34.7 Å². The molecule has 1 aliphatic heterocycles. The Labute approximate surface area is 243 Å². The van der Waals surface area contributed by atoms with Crippen LogP contribution in [0, 0.1) is 16.3 Å². The largest absolute Gasteiger partial charge is 0.482 e. The number of rotatable bonds is 7. The SMILES string of the molecule is COC(=O)c1cc(I)c(O[C@H](CN2CCN(C(=O)OC(C)(C)C)[C@H](C)C2)c2cc(F)c(C3CC3)cn2)cc1C. The van der Waals surface area contributed by atoms with Crippen LogP contribution >= 0.6 is 22.6 Å². The number of esters is 1. The Bertz CT molecular complexity index is 1230. The highest BCUT2D eigenvalue weighted by molar-refractivity contribution is 14.1. The summed E-state index contributed by atoms with van der Waals surface area (Å²) in [4.78, 5) is 33.4. The van der Waals surface area contributed by atoms with Crippen LogP contribution in [0.5, 0.6) is 5.75 Å². The summed E-state index contributed by atoms with van der Waals surface area (Å²) in [6.45, 7) is 11.6. The van der Waals surface area contributed by atoms with E-state index in [1.165, 1.54) is 13.2 Å². The molecule has 1 saturated carbocycles. The zero-order chi connectivity index (χ0) is 28.5. The molecule has 212 valence electrons. The van der Waals surface area contributed by atoms with E-state index >= 15 is 4.39 Å². The maximum absolute atomic E-state index is 15.1. The second kappa shape index (κ2) is 12.0. The average molecular weight is 654 g/mol. The molecule has 4 rings (SSSR count). The number of halogens is 2. The van der Waals surface area contributed by atoms with E-state index in [1.54, 1.807) is 23.2 Å². The van der Waals surface area contributed by atoms with Gasteiger partial charge in [0.1, 0.15) is 17.2 Å². The first-order valence-electron chi connectivity index (χ1n) is 13.3.